The van der Waals surface area contributed by atoms with E-state index in [1.54, 1.807) is 32.6 Å². The van der Waals surface area contributed by atoms with Crippen LogP contribution in [0.4, 0.5) is 10.5 Å². The monoisotopic (exact) mass is 523 g/mol. The lowest BCUT2D eigenvalue weighted by atomic mass is 9.97. The lowest BCUT2D eigenvalue weighted by Crippen LogP contribution is -2.54. The van der Waals surface area contributed by atoms with Crippen molar-refractivity contribution in [2.45, 2.75) is 98.9 Å². The Morgan fingerprint density at radius 2 is 1.45 bits per heavy atom. The molecule has 0 saturated heterocycles. The molecule has 3 atom stereocenters. The quantitative estimate of drug-likeness (QED) is 0.370. The van der Waals surface area contributed by atoms with Crippen molar-refractivity contribution in [3.8, 4) is 0 Å². The molecule has 38 heavy (non-hydrogen) atoms. The van der Waals surface area contributed by atoms with Crippen molar-refractivity contribution in [1.29, 1.82) is 0 Å². The molecule has 0 bridgehead atoms. The molecule has 0 spiro atoms. The zero-order valence-electron chi connectivity index (χ0n) is 24.4. The number of carbonyl (C=O) groups is 3. The van der Waals surface area contributed by atoms with Crippen molar-refractivity contribution in [3.05, 3.63) is 65.2 Å². The van der Waals surface area contributed by atoms with Crippen LogP contribution in [0, 0.1) is 19.8 Å². The molecule has 2 aromatic carbocycles. The molecule has 2 rings (SSSR count). The molecule has 0 fully saturated rings. The molecule has 0 radical (unpaired) electrons. The van der Waals surface area contributed by atoms with Crippen LogP contribution in [0.5, 0.6) is 0 Å². The predicted molar refractivity (Wildman–Crippen MR) is 153 cm³/mol. The van der Waals surface area contributed by atoms with Crippen molar-refractivity contribution in [3.63, 3.8) is 0 Å². The molecular weight excluding hydrogens is 478 g/mol. The molecule has 0 aromatic heterocycles. The molecule has 7 nitrogen and oxygen atoms in total. The summed E-state index contributed by atoms with van der Waals surface area (Å²) in [5, 5.41) is 5.76. The van der Waals surface area contributed by atoms with E-state index in [0.717, 1.165) is 23.2 Å². The van der Waals surface area contributed by atoms with Gasteiger partial charge in [0.1, 0.15) is 17.7 Å². The Morgan fingerprint density at radius 3 is 1.97 bits per heavy atom. The lowest BCUT2D eigenvalue weighted by Gasteiger charge is -2.38. The molecule has 0 heterocycles. The lowest BCUT2D eigenvalue weighted by molar-refractivity contribution is -0.143. The van der Waals surface area contributed by atoms with Gasteiger partial charge in [0.05, 0.1) is 0 Å². The summed E-state index contributed by atoms with van der Waals surface area (Å²) in [6.07, 6.45) is 0.922. The van der Waals surface area contributed by atoms with Crippen LogP contribution in [0.25, 0.3) is 0 Å². The number of nitrogens with one attached hydrogen (secondary N) is 2. The number of ether oxygens (including phenoxy) is 1. The van der Waals surface area contributed by atoms with E-state index >= 15 is 0 Å². The maximum Gasteiger partial charge on any atom is 0.408 e. The van der Waals surface area contributed by atoms with Gasteiger partial charge in [-0.15, -0.1) is 0 Å². The first-order valence-corrected chi connectivity index (χ1v) is 13.4. The van der Waals surface area contributed by atoms with Gasteiger partial charge in [-0.2, -0.15) is 0 Å². The fourth-order valence-electron chi connectivity index (χ4n) is 4.36. The minimum Gasteiger partial charge on any atom is -0.444 e. The van der Waals surface area contributed by atoms with Gasteiger partial charge in [-0.05, 0) is 83.9 Å². The smallest absolute Gasteiger partial charge is 0.408 e. The van der Waals surface area contributed by atoms with Gasteiger partial charge in [-0.1, -0.05) is 62.4 Å². The van der Waals surface area contributed by atoms with E-state index in [1.807, 2.05) is 69.3 Å². The number of hydrogen-bond acceptors (Lipinski definition) is 4. The first-order chi connectivity index (χ1) is 17.7. The number of carbonyl (C=O) groups excluding carboxylic acids is 3. The van der Waals surface area contributed by atoms with Gasteiger partial charge in [-0.3, -0.25) is 9.59 Å². The average Bonchev–Trinajstić information content (AvgIpc) is 2.82. The van der Waals surface area contributed by atoms with Crippen LogP contribution in [-0.4, -0.2) is 40.5 Å². The van der Waals surface area contributed by atoms with Crippen molar-refractivity contribution < 1.29 is 19.1 Å². The highest BCUT2D eigenvalue weighted by atomic mass is 16.6. The molecule has 2 aromatic rings. The van der Waals surface area contributed by atoms with Crippen molar-refractivity contribution in [2.75, 3.05) is 5.32 Å². The Hall–Kier alpha value is -3.35. The fourth-order valence-corrected chi connectivity index (χ4v) is 4.36. The number of amides is 3. The van der Waals surface area contributed by atoms with Crippen molar-refractivity contribution in [2.24, 2.45) is 5.92 Å². The van der Waals surface area contributed by atoms with Gasteiger partial charge in [0.15, 0.2) is 0 Å². The topological polar surface area (TPSA) is 87.7 Å². The van der Waals surface area contributed by atoms with E-state index < -0.39 is 23.8 Å². The summed E-state index contributed by atoms with van der Waals surface area (Å²) in [5.41, 5.74) is 2.62. The van der Waals surface area contributed by atoms with E-state index in [-0.39, 0.29) is 17.9 Å². The third-order valence-corrected chi connectivity index (χ3v) is 6.37. The number of alkyl carbamates (subject to hydrolysis) is 1. The maximum atomic E-state index is 14.0. The second kappa shape index (κ2) is 13.4. The Kier molecular flexibility index (Phi) is 10.9. The van der Waals surface area contributed by atoms with Crippen molar-refractivity contribution >= 4 is 23.6 Å². The third-order valence-electron chi connectivity index (χ3n) is 6.37. The average molecular weight is 524 g/mol. The van der Waals surface area contributed by atoms with Gasteiger partial charge in [0.25, 0.3) is 5.91 Å². The van der Waals surface area contributed by atoms with Crippen LogP contribution in [-0.2, 0) is 14.3 Å². The van der Waals surface area contributed by atoms with Crippen LogP contribution >= 0.6 is 0 Å². The molecule has 0 aliphatic heterocycles. The minimum absolute atomic E-state index is 0.262. The summed E-state index contributed by atoms with van der Waals surface area (Å²) in [7, 11) is 0. The molecule has 0 aliphatic carbocycles. The van der Waals surface area contributed by atoms with Gasteiger partial charge in [-0.25, -0.2) is 4.79 Å². The van der Waals surface area contributed by atoms with E-state index in [0.29, 0.717) is 17.9 Å². The SMILES string of the molecule is Cc1cccc(C)c1NC(=O)C(c1ccccc1)N(C(=O)C(C)NC(=O)OC(C)(C)C)C(C)CCC(C)C. The van der Waals surface area contributed by atoms with Gasteiger partial charge >= 0.3 is 6.09 Å². The maximum absolute atomic E-state index is 14.0. The summed E-state index contributed by atoms with van der Waals surface area (Å²) in [5.74, 6) is -0.217. The number of aryl methyl sites for hydroxylation is 2. The second-order valence-electron chi connectivity index (χ2n) is 11.5. The number of anilines is 1. The predicted octanol–water partition coefficient (Wildman–Crippen LogP) is 6.55. The van der Waals surface area contributed by atoms with Gasteiger partial charge in [0.2, 0.25) is 5.91 Å². The second-order valence-corrected chi connectivity index (χ2v) is 11.5. The van der Waals surface area contributed by atoms with Crippen LogP contribution in [0.15, 0.2) is 48.5 Å². The number of rotatable bonds is 10. The highest BCUT2D eigenvalue weighted by Gasteiger charge is 2.37. The molecule has 208 valence electrons. The molecule has 3 unspecified atom stereocenters. The highest BCUT2D eigenvalue weighted by molar-refractivity contribution is 6.00. The van der Waals surface area contributed by atoms with Crippen LogP contribution in [0.2, 0.25) is 0 Å². The number of hydrogen-bond donors (Lipinski definition) is 2. The zero-order valence-corrected chi connectivity index (χ0v) is 24.4. The Labute approximate surface area is 228 Å². The summed E-state index contributed by atoms with van der Waals surface area (Å²) in [6, 6.07) is 13.1. The van der Waals surface area contributed by atoms with E-state index in [9.17, 15) is 14.4 Å². The molecule has 0 saturated carbocycles. The highest BCUT2D eigenvalue weighted by Crippen LogP contribution is 2.30. The first-order valence-electron chi connectivity index (χ1n) is 13.4. The molecular formula is C31H45N3O4. The summed E-state index contributed by atoms with van der Waals surface area (Å²) >= 11 is 0. The Bertz CT molecular complexity index is 1070. The van der Waals surface area contributed by atoms with Gasteiger partial charge < -0.3 is 20.3 Å². The van der Waals surface area contributed by atoms with Crippen LogP contribution in [0.3, 0.4) is 0 Å². The normalized spacial score (nSPS) is 13.8. The summed E-state index contributed by atoms with van der Waals surface area (Å²) < 4.78 is 5.38. The van der Waals surface area contributed by atoms with Crippen LogP contribution < -0.4 is 10.6 Å². The van der Waals surface area contributed by atoms with E-state index in [2.05, 4.69) is 24.5 Å². The van der Waals surface area contributed by atoms with Crippen LogP contribution in [0.1, 0.15) is 84.0 Å². The zero-order chi connectivity index (χ0) is 28.6. The fraction of sp³-hybridized carbons (Fsp3) is 0.516. The largest absolute Gasteiger partial charge is 0.444 e. The molecule has 7 heteroatoms. The summed E-state index contributed by atoms with van der Waals surface area (Å²) in [6.45, 7) is 17.0. The molecule has 3 amide bonds. The summed E-state index contributed by atoms with van der Waals surface area (Å²) in [4.78, 5) is 42.1. The Morgan fingerprint density at radius 1 is 0.868 bits per heavy atom. The molecule has 2 N–H and O–H groups in total. The Balaban J connectivity index is 2.51. The third kappa shape index (κ3) is 8.89. The first kappa shape index (κ1) is 30.9. The number of nitrogens with zero attached hydrogens (tertiary/aromatic N) is 1. The van der Waals surface area contributed by atoms with Gasteiger partial charge in [0, 0.05) is 11.7 Å². The van der Waals surface area contributed by atoms with E-state index in [4.69, 9.17) is 4.74 Å². The standard InChI is InChI=1S/C31H45N3O4/c1-20(2)18-19-23(5)34(29(36)24(6)32-30(37)38-31(7,8)9)27(25-16-11-10-12-17-25)28(35)33-26-21(3)14-13-15-22(26)4/h10-17,20,23-24,27H,18-19H2,1-9H3,(H,32,37)(H,33,35). The number of benzene rings is 2. The number of para-hydroxylation sites is 1. The van der Waals surface area contributed by atoms with E-state index in [1.165, 1.54) is 0 Å². The molecule has 0 aliphatic rings. The van der Waals surface area contributed by atoms with Crippen molar-refractivity contribution in [1.82, 2.24) is 10.2 Å². The minimum atomic E-state index is -0.898.